The molecule has 0 radical (unpaired) electrons. The van der Waals surface area contributed by atoms with E-state index in [0.29, 0.717) is 6.54 Å². The Morgan fingerprint density at radius 2 is 1.77 bits per heavy atom. The van der Waals surface area contributed by atoms with Gasteiger partial charge in [-0.1, -0.05) is 24.3 Å². The average molecular weight is 319 g/mol. The van der Waals surface area contributed by atoms with Crippen molar-refractivity contribution in [3.05, 3.63) is 65.5 Å². The van der Waals surface area contributed by atoms with E-state index in [0.717, 1.165) is 24.0 Å². The molecule has 0 bridgehead atoms. The van der Waals surface area contributed by atoms with Crippen molar-refractivity contribution in [1.82, 2.24) is 4.31 Å². The monoisotopic (exact) mass is 319 g/mol. The largest absolute Gasteiger partial charge is 0.243 e. The summed E-state index contributed by atoms with van der Waals surface area (Å²) < 4.78 is 40.3. The van der Waals surface area contributed by atoms with Gasteiger partial charge in [-0.25, -0.2) is 12.8 Å². The van der Waals surface area contributed by atoms with Gasteiger partial charge in [0.1, 0.15) is 5.82 Å². The number of hydrogen-bond donors (Lipinski definition) is 0. The van der Waals surface area contributed by atoms with Gasteiger partial charge >= 0.3 is 0 Å². The molecule has 0 spiro atoms. The molecule has 22 heavy (non-hydrogen) atoms. The topological polar surface area (TPSA) is 37.4 Å². The van der Waals surface area contributed by atoms with E-state index in [1.165, 1.54) is 24.3 Å². The predicted octanol–water partition coefficient (Wildman–Crippen LogP) is 3.66. The van der Waals surface area contributed by atoms with Gasteiger partial charge in [0.15, 0.2) is 0 Å². The van der Waals surface area contributed by atoms with Crippen molar-refractivity contribution >= 4 is 10.0 Å². The minimum atomic E-state index is -3.60. The van der Waals surface area contributed by atoms with E-state index < -0.39 is 15.8 Å². The minimum absolute atomic E-state index is 0.142. The zero-order valence-electron chi connectivity index (χ0n) is 12.4. The standard InChI is InChI=1S/C17H18FNO2S/c1-13-5-2-3-6-16(13)17-7-4-12-19(17)22(20,21)15-10-8-14(18)9-11-15/h2-3,5-6,8-11,17H,4,7,12H2,1H3. The lowest BCUT2D eigenvalue weighted by atomic mass is 10.0. The fraction of sp³-hybridized carbons (Fsp3) is 0.294. The minimum Gasteiger partial charge on any atom is -0.207 e. The summed E-state index contributed by atoms with van der Waals surface area (Å²) in [5, 5.41) is 0. The molecular weight excluding hydrogens is 301 g/mol. The first kappa shape index (κ1) is 15.2. The Labute approximate surface area is 130 Å². The van der Waals surface area contributed by atoms with Crippen molar-refractivity contribution in [2.75, 3.05) is 6.54 Å². The fourth-order valence-electron chi connectivity index (χ4n) is 3.04. The van der Waals surface area contributed by atoms with E-state index in [1.807, 2.05) is 31.2 Å². The Kier molecular flexibility index (Phi) is 4.02. The van der Waals surface area contributed by atoms with E-state index in [1.54, 1.807) is 4.31 Å². The maximum Gasteiger partial charge on any atom is 0.243 e. The van der Waals surface area contributed by atoms with E-state index in [9.17, 15) is 12.8 Å². The molecule has 0 aromatic heterocycles. The fourth-order valence-corrected chi connectivity index (χ4v) is 4.72. The van der Waals surface area contributed by atoms with Gasteiger partial charge in [0, 0.05) is 6.54 Å². The van der Waals surface area contributed by atoms with Crippen molar-refractivity contribution < 1.29 is 12.8 Å². The summed E-state index contributed by atoms with van der Waals surface area (Å²) in [7, 11) is -3.60. The van der Waals surface area contributed by atoms with Crippen LogP contribution in [0.2, 0.25) is 0 Å². The van der Waals surface area contributed by atoms with Crippen LogP contribution < -0.4 is 0 Å². The summed E-state index contributed by atoms with van der Waals surface area (Å²) in [6.45, 7) is 2.50. The second kappa shape index (κ2) is 5.82. The molecule has 1 fully saturated rings. The van der Waals surface area contributed by atoms with Gasteiger partial charge in [0.2, 0.25) is 10.0 Å². The zero-order valence-corrected chi connectivity index (χ0v) is 13.2. The van der Waals surface area contributed by atoms with Crippen molar-refractivity contribution in [2.45, 2.75) is 30.7 Å². The van der Waals surface area contributed by atoms with Crippen LogP contribution in [0.25, 0.3) is 0 Å². The van der Waals surface area contributed by atoms with Gasteiger partial charge in [0.25, 0.3) is 0 Å². The van der Waals surface area contributed by atoms with Crippen molar-refractivity contribution in [3.8, 4) is 0 Å². The SMILES string of the molecule is Cc1ccccc1C1CCCN1S(=O)(=O)c1ccc(F)cc1. The lowest BCUT2D eigenvalue weighted by molar-refractivity contribution is 0.395. The van der Waals surface area contributed by atoms with Crippen LogP contribution in [-0.2, 0) is 10.0 Å². The molecule has 3 rings (SSSR count). The Bertz CT molecular complexity index is 772. The van der Waals surface area contributed by atoms with E-state index in [4.69, 9.17) is 0 Å². The lowest BCUT2D eigenvalue weighted by Crippen LogP contribution is -2.31. The van der Waals surface area contributed by atoms with Crippen molar-refractivity contribution in [3.63, 3.8) is 0 Å². The Morgan fingerprint density at radius 1 is 1.09 bits per heavy atom. The second-order valence-electron chi connectivity index (χ2n) is 5.58. The van der Waals surface area contributed by atoms with Crippen LogP contribution >= 0.6 is 0 Å². The van der Waals surface area contributed by atoms with E-state index in [-0.39, 0.29) is 10.9 Å². The predicted molar refractivity (Wildman–Crippen MR) is 83.4 cm³/mol. The number of hydrogen-bond acceptors (Lipinski definition) is 2. The number of benzene rings is 2. The third-order valence-corrected chi connectivity index (χ3v) is 6.09. The molecule has 1 aliphatic rings. The van der Waals surface area contributed by atoms with Gasteiger partial charge in [-0.15, -0.1) is 0 Å². The molecule has 1 aliphatic heterocycles. The molecule has 3 nitrogen and oxygen atoms in total. The molecule has 0 aliphatic carbocycles. The Balaban J connectivity index is 1.99. The molecule has 116 valence electrons. The summed E-state index contributed by atoms with van der Waals surface area (Å²) in [5.74, 6) is -0.434. The van der Waals surface area contributed by atoms with Crippen molar-refractivity contribution in [1.29, 1.82) is 0 Å². The zero-order chi connectivity index (χ0) is 15.7. The summed E-state index contributed by atoms with van der Waals surface area (Å²) in [6, 6.07) is 12.8. The Hall–Kier alpha value is -1.72. The summed E-state index contributed by atoms with van der Waals surface area (Å²) >= 11 is 0. The van der Waals surface area contributed by atoms with E-state index >= 15 is 0 Å². The lowest BCUT2D eigenvalue weighted by Gasteiger charge is -2.25. The molecular formula is C17H18FNO2S. The maximum absolute atomic E-state index is 13.0. The Morgan fingerprint density at radius 3 is 2.45 bits per heavy atom. The highest BCUT2D eigenvalue weighted by molar-refractivity contribution is 7.89. The maximum atomic E-state index is 13.0. The van der Waals surface area contributed by atoms with Crippen LogP contribution in [-0.4, -0.2) is 19.3 Å². The highest BCUT2D eigenvalue weighted by Gasteiger charge is 2.36. The number of aryl methyl sites for hydroxylation is 1. The normalized spacial score (nSPS) is 19.5. The first-order valence-corrected chi connectivity index (χ1v) is 8.77. The molecule has 0 saturated carbocycles. The third kappa shape index (κ3) is 2.66. The van der Waals surface area contributed by atoms with Gasteiger partial charge in [-0.3, -0.25) is 0 Å². The van der Waals surface area contributed by atoms with Crippen molar-refractivity contribution in [2.24, 2.45) is 0 Å². The van der Waals surface area contributed by atoms with Crippen LogP contribution in [0, 0.1) is 12.7 Å². The molecule has 0 amide bonds. The molecule has 1 heterocycles. The molecule has 2 aromatic carbocycles. The second-order valence-corrected chi connectivity index (χ2v) is 7.47. The summed E-state index contributed by atoms with van der Waals surface area (Å²) in [5.41, 5.74) is 2.14. The highest BCUT2D eigenvalue weighted by Crippen LogP contribution is 2.37. The van der Waals surface area contributed by atoms with Crippen LogP contribution in [0.15, 0.2) is 53.4 Å². The average Bonchev–Trinajstić information content (AvgIpc) is 2.98. The number of rotatable bonds is 3. The number of nitrogens with zero attached hydrogens (tertiary/aromatic N) is 1. The van der Waals surface area contributed by atoms with Gasteiger partial charge < -0.3 is 0 Å². The smallest absolute Gasteiger partial charge is 0.207 e. The number of halogens is 1. The molecule has 5 heteroatoms. The summed E-state index contributed by atoms with van der Waals surface area (Å²) in [4.78, 5) is 0.148. The van der Waals surface area contributed by atoms with Crippen LogP contribution in [0.1, 0.15) is 30.0 Å². The quantitative estimate of drug-likeness (QED) is 0.866. The molecule has 1 atom stereocenters. The van der Waals surface area contributed by atoms with Gasteiger partial charge in [0.05, 0.1) is 10.9 Å². The number of sulfonamides is 1. The van der Waals surface area contributed by atoms with Crippen LogP contribution in [0.3, 0.4) is 0 Å². The molecule has 1 unspecified atom stereocenters. The van der Waals surface area contributed by atoms with Gasteiger partial charge in [-0.2, -0.15) is 4.31 Å². The highest BCUT2D eigenvalue weighted by atomic mass is 32.2. The van der Waals surface area contributed by atoms with Crippen LogP contribution in [0.4, 0.5) is 4.39 Å². The summed E-state index contributed by atoms with van der Waals surface area (Å²) in [6.07, 6.45) is 1.64. The van der Waals surface area contributed by atoms with Gasteiger partial charge in [-0.05, 0) is 55.2 Å². The first-order valence-electron chi connectivity index (χ1n) is 7.33. The molecule has 2 aromatic rings. The first-order chi connectivity index (χ1) is 10.5. The molecule has 0 N–H and O–H groups in total. The van der Waals surface area contributed by atoms with E-state index in [2.05, 4.69) is 0 Å². The molecule has 1 saturated heterocycles. The van der Waals surface area contributed by atoms with Crippen LogP contribution in [0.5, 0.6) is 0 Å². The third-order valence-electron chi connectivity index (χ3n) is 4.17.